The van der Waals surface area contributed by atoms with Crippen molar-refractivity contribution in [2.75, 3.05) is 11.5 Å². The number of hydrogen-bond donors (Lipinski definition) is 2. The molecular formula is C36H30N5O6P3. The Morgan fingerprint density at radius 2 is 1.04 bits per heavy atom. The number of nitrogen functional groups attached to an aromatic ring is 2. The quantitative estimate of drug-likeness (QED) is 0.118. The van der Waals surface area contributed by atoms with E-state index in [4.69, 9.17) is 44.2 Å². The molecule has 0 bridgehead atoms. The van der Waals surface area contributed by atoms with Gasteiger partial charge in [0.1, 0.15) is 22.9 Å². The number of nitrogens with two attached hydrogens (primary N) is 2. The van der Waals surface area contributed by atoms with Crippen molar-refractivity contribution in [3.8, 4) is 46.0 Å². The van der Waals surface area contributed by atoms with Gasteiger partial charge in [-0.25, -0.2) is 0 Å². The van der Waals surface area contributed by atoms with E-state index in [0.29, 0.717) is 54.4 Å². The zero-order valence-electron chi connectivity index (χ0n) is 26.3. The third-order valence-corrected chi connectivity index (χ3v) is 11.5. The van der Waals surface area contributed by atoms with Crippen molar-refractivity contribution in [2.45, 2.75) is 0 Å². The number of hydrogen-bond acceptors (Lipinski definition) is 9. The van der Waals surface area contributed by atoms with Crippen molar-refractivity contribution < 1.29 is 28.2 Å². The van der Waals surface area contributed by atoms with Crippen molar-refractivity contribution >= 4 is 36.0 Å². The summed E-state index contributed by atoms with van der Waals surface area (Å²) < 4.78 is 33.6. The summed E-state index contributed by atoms with van der Waals surface area (Å²) in [6.45, 7) is 0. The van der Waals surface area contributed by atoms with Gasteiger partial charge in [0.15, 0.2) is 37.3 Å². The molecule has 2 atom stereocenters. The lowest BCUT2D eigenvalue weighted by atomic mass is 10.2. The molecule has 0 spiro atoms. The van der Waals surface area contributed by atoms with Crippen LogP contribution in [0.25, 0.3) is 0 Å². The Labute approximate surface area is 291 Å². The molecule has 50 heavy (non-hydrogen) atoms. The molecule has 1 heterocycles. The number of aromatic nitrogens is 3. The fourth-order valence-electron chi connectivity index (χ4n) is 4.45. The van der Waals surface area contributed by atoms with Crippen LogP contribution in [0.1, 0.15) is 0 Å². The lowest BCUT2D eigenvalue weighted by Gasteiger charge is -2.22. The second-order valence-electron chi connectivity index (χ2n) is 10.4. The summed E-state index contributed by atoms with van der Waals surface area (Å²) in [5.74, 6) is 3.72. The van der Waals surface area contributed by atoms with E-state index in [2.05, 4.69) is 0 Å². The van der Waals surface area contributed by atoms with Crippen LogP contribution in [0, 0.1) is 0 Å². The second-order valence-corrected chi connectivity index (χ2v) is 14.7. The summed E-state index contributed by atoms with van der Waals surface area (Å²) >= 11 is 0. The maximum absolute atomic E-state index is 6.81. The molecule has 0 fully saturated rings. The largest absolute Gasteiger partial charge is 0.453 e. The van der Waals surface area contributed by atoms with Crippen molar-refractivity contribution in [3.63, 3.8) is 0 Å². The maximum atomic E-state index is 6.81. The SMILES string of the molecule is Nc1ccccc1On1p(Oc2ccc(Oc3ccccc3)c(Oc3ccccc3)c2N)npn(Oc2ccccc2)p1Oc1ccccc1. The smallest absolute Gasteiger partial charge is 0.319 e. The van der Waals surface area contributed by atoms with Gasteiger partial charge in [-0.15, -0.1) is 4.51 Å². The van der Waals surface area contributed by atoms with Gasteiger partial charge in [-0.3, -0.25) is 0 Å². The summed E-state index contributed by atoms with van der Waals surface area (Å²) in [7, 11) is -3.45. The summed E-state index contributed by atoms with van der Waals surface area (Å²) in [6.07, 6.45) is 0. The van der Waals surface area contributed by atoms with Crippen molar-refractivity contribution in [1.82, 2.24) is 13.0 Å². The molecule has 250 valence electrons. The lowest BCUT2D eigenvalue weighted by molar-refractivity contribution is 0.233. The van der Waals surface area contributed by atoms with Crippen LogP contribution in [-0.4, -0.2) is 13.0 Å². The normalized spacial score (nSPS) is 11.4. The Morgan fingerprint density at radius 1 is 0.500 bits per heavy atom. The average Bonchev–Trinajstić information content (AvgIpc) is 3.15. The number of ether oxygens (including phenoxy) is 2. The number of anilines is 2. The monoisotopic (exact) mass is 721 g/mol. The molecule has 11 nitrogen and oxygen atoms in total. The summed E-state index contributed by atoms with van der Waals surface area (Å²) in [6, 6.07) is 48.0. The van der Waals surface area contributed by atoms with Gasteiger partial charge in [0.2, 0.25) is 0 Å². The molecule has 0 aliphatic carbocycles. The third kappa shape index (κ3) is 7.83. The van der Waals surface area contributed by atoms with E-state index in [1.54, 1.807) is 28.5 Å². The molecule has 0 saturated heterocycles. The predicted octanol–water partition coefficient (Wildman–Crippen LogP) is 10.5. The molecule has 0 aliphatic heterocycles. The van der Waals surface area contributed by atoms with Crippen LogP contribution in [0.4, 0.5) is 11.4 Å². The highest BCUT2D eigenvalue weighted by Gasteiger charge is 2.24. The molecule has 6 aromatic carbocycles. The van der Waals surface area contributed by atoms with Crippen LogP contribution in [0.3, 0.4) is 0 Å². The fraction of sp³-hybridized carbons (Fsp3) is 0. The van der Waals surface area contributed by atoms with Gasteiger partial charge in [0.25, 0.3) is 0 Å². The van der Waals surface area contributed by atoms with Crippen molar-refractivity contribution in [1.29, 1.82) is 0 Å². The van der Waals surface area contributed by atoms with Gasteiger partial charge in [0, 0.05) is 0 Å². The molecule has 0 saturated carbocycles. The topological polar surface area (TPSA) is 130 Å². The highest BCUT2D eigenvalue weighted by molar-refractivity contribution is 7.56. The van der Waals surface area contributed by atoms with E-state index < -0.39 is 16.2 Å². The van der Waals surface area contributed by atoms with Crippen LogP contribution < -0.4 is 39.7 Å². The van der Waals surface area contributed by atoms with E-state index in [-0.39, 0.29) is 11.4 Å². The standard InChI is InChI=1S/C36H30N5O6P3/c37-31-23-13-14-24-32(31)45-41-49(39-48-40(44-29-19-9-3-10-20-29)50(41)46-30-21-11-4-12-22-30)47-33-25-26-34(42-27-15-5-1-6-16-27)36(35(33)38)43-28-17-7-2-8-18-28/h1-26H,37-38H2. The Bertz CT molecular complexity index is 2210. The van der Waals surface area contributed by atoms with E-state index >= 15 is 0 Å². The van der Waals surface area contributed by atoms with Gasteiger partial charge < -0.3 is 39.7 Å². The molecule has 0 amide bonds. The van der Waals surface area contributed by atoms with Gasteiger partial charge in [-0.05, 0) is 77.1 Å². The minimum atomic E-state index is -1.96. The van der Waals surface area contributed by atoms with Gasteiger partial charge in [-0.1, -0.05) is 89.2 Å². The number of rotatable bonds is 12. The van der Waals surface area contributed by atoms with Crippen LogP contribution in [0.2, 0.25) is 0 Å². The zero-order valence-corrected chi connectivity index (χ0v) is 29.0. The van der Waals surface area contributed by atoms with E-state index in [0.717, 1.165) is 0 Å². The molecule has 0 aliphatic rings. The minimum absolute atomic E-state index is 0.201. The predicted molar refractivity (Wildman–Crippen MR) is 198 cm³/mol. The molecule has 0 radical (unpaired) electrons. The molecule has 4 N–H and O–H groups in total. The highest BCUT2D eigenvalue weighted by atomic mass is 31.2. The Kier molecular flexibility index (Phi) is 10.1. The maximum Gasteiger partial charge on any atom is 0.319 e. The Hall–Kier alpha value is -5.98. The van der Waals surface area contributed by atoms with E-state index in [1.807, 2.05) is 133 Å². The number of para-hydroxylation sites is 6. The Morgan fingerprint density at radius 3 is 1.68 bits per heavy atom. The van der Waals surface area contributed by atoms with Gasteiger partial charge >= 0.3 is 16.2 Å². The van der Waals surface area contributed by atoms with Crippen LogP contribution in [0.15, 0.2) is 158 Å². The van der Waals surface area contributed by atoms with E-state index in [1.165, 1.54) is 4.26 Å². The average molecular weight is 722 g/mol. The first-order valence-corrected chi connectivity index (χ1v) is 18.4. The van der Waals surface area contributed by atoms with Gasteiger partial charge in [0.05, 0.1) is 5.69 Å². The first-order valence-electron chi connectivity index (χ1n) is 15.3. The molecule has 2 unspecified atom stereocenters. The molecule has 7 aromatic rings. The van der Waals surface area contributed by atoms with Crippen molar-refractivity contribution in [3.05, 3.63) is 158 Å². The summed E-state index contributed by atoms with van der Waals surface area (Å²) in [4.78, 5) is 12.8. The third-order valence-electron chi connectivity index (χ3n) is 6.83. The summed E-state index contributed by atoms with van der Waals surface area (Å²) in [5.41, 5.74) is 13.8. The zero-order chi connectivity index (χ0) is 34.1. The van der Waals surface area contributed by atoms with E-state index in [9.17, 15) is 0 Å². The van der Waals surface area contributed by atoms with Gasteiger partial charge in [-0.2, -0.15) is 0 Å². The highest BCUT2D eigenvalue weighted by Crippen LogP contribution is 2.48. The number of nitrogens with zero attached hydrogens (tertiary/aromatic N) is 3. The van der Waals surface area contributed by atoms with Crippen molar-refractivity contribution in [2.24, 2.45) is 0 Å². The van der Waals surface area contributed by atoms with Crippen LogP contribution >= 0.6 is 24.7 Å². The lowest BCUT2D eigenvalue weighted by Crippen LogP contribution is -2.15. The van der Waals surface area contributed by atoms with Crippen LogP contribution in [0.5, 0.6) is 46.0 Å². The first-order chi connectivity index (χ1) is 24.6. The summed E-state index contributed by atoms with van der Waals surface area (Å²) in [5, 5.41) is 0. The molecule has 7 rings (SSSR count). The first kappa shape index (κ1) is 32.6. The van der Waals surface area contributed by atoms with Crippen LogP contribution in [-0.2, 0) is 0 Å². The fourth-order valence-corrected chi connectivity index (χ4v) is 9.41. The molecular weight excluding hydrogens is 691 g/mol. The molecule has 14 heteroatoms. The number of benzene rings is 6. The Balaban J connectivity index is 1.35. The minimum Gasteiger partial charge on any atom is -0.453 e. The second kappa shape index (κ2) is 15.5. The molecule has 1 aromatic heterocycles.